The highest BCUT2D eigenvalue weighted by atomic mass is 35.5. The van der Waals surface area contributed by atoms with Crippen molar-refractivity contribution < 1.29 is 34.3 Å². The second-order valence-corrected chi connectivity index (χ2v) is 10.2. The van der Waals surface area contributed by atoms with Crippen LogP contribution >= 0.6 is 34.3 Å². The molecule has 0 radical (unpaired) electrons. The van der Waals surface area contributed by atoms with Crippen molar-refractivity contribution >= 4 is 40.4 Å². The van der Waals surface area contributed by atoms with Gasteiger partial charge in [-0.3, -0.25) is 0 Å². The summed E-state index contributed by atoms with van der Waals surface area (Å²) in [4.78, 5) is 17.2. The highest BCUT2D eigenvalue weighted by molar-refractivity contribution is 7.15. The molecule has 1 saturated heterocycles. The first-order chi connectivity index (χ1) is 16.9. The van der Waals surface area contributed by atoms with Crippen molar-refractivity contribution in [2.24, 2.45) is 0 Å². The van der Waals surface area contributed by atoms with Crippen molar-refractivity contribution in [2.45, 2.75) is 36.9 Å². The molecule has 11 heteroatoms. The van der Waals surface area contributed by atoms with Gasteiger partial charge in [0, 0.05) is 23.2 Å². The molecule has 2 aromatic heterocycles. The molecule has 4 rings (SSSR count). The van der Waals surface area contributed by atoms with Gasteiger partial charge in [-0.25, -0.2) is 9.78 Å². The van der Waals surface area contributed by atoms with Gasteiger partial charge >= 0.3 is 6.16 Å². The van der Waals surface area contributed by atoms with Crippen LogP contribution in [-0.2, 0) is 20.6 Å². The van der Waals surface area contributed by atoms with Gasteiger partial charge in [0.05, 0.1) is 9.88 Å². The van der Waals surface area contributed by atoms with Gasteiger partial charge in [-0.1, -0.05) is 36.4 Å². The number of ether oxygens (including phenoxy) is 3. The van der Waals surface area contributed by atoms with E-state index in [1.54, 1.807) is 40.9 Å². The van der Waals surface area contributed by atoms with Gasteiger partial charge in [0.1, 0.15) is 43.7 Å². The number of carbonyl (C=O) groups excluding carboxylic acids is 1. The standard InChI is InChI=1S/C24H24ClNO7S2/c1-2-6-31-24(30)32-11-17-20(27)21(28)22(29)23(33-17)13-3-4-16(25)15(8-13)9-19-26-10-18(35-19)14-5-7-34-12-14/h2-5,7-8,10,12,17,20-23,27-29H,1,6,9,11H2/t17-,20-,21+,22-,23+/m1/s1. The Hall–Kier alpha value is -2.31. The van der Waals surface area contributed by atoms with E-state index in [9.17, 15) is 20.1 Å². The fourth-order valence-corrected chi connectivity index (χ4v) is 5.53. The molecular weight excluding hydrogens is 514 g/mol. The van der Waals surface area contributed by atoms with E-state index in [1.165, 1.54) is 6.08 Å². The van der Waals surface area contributed by atoms with Crippen LogP contribution in [0.15, 0.2) is 53.9 Å². The molecule has 1 aliphatic heterocycles. The Morgan fingerprint density at radius 3 is 2.77 bits per heavy atom. The lowest BCUT2D eigenvalue weighted by molar-refractivity contribution is -0.232. The van der Waals surface area contributed by atoms with Gasteiger partial charge in [-0.2, -0.15) is 11.3 Å². The Kier molecular flexibility index (Phi) is 8.55. The minimum atomic E-state index is -1.52. The van der Waals surface area contributed by atoms with E-state index in [2.05, 4.69) is 16.9 Å². The maximum atomic E-state index is 11.6. The summed E-state index contributed by atoms with van der Waals surface area (Å²) < 4.78 is 15.6. The van der Waals surface area contributed by atoms with E-state index in [0.717, 1.165) is 21.0 Å². The first-order valence-electron chi connectivity index (χ1n) is 10.7. The summed E-state index contributed by atoms with van der Waals surface area (Å²) >= 11 is 9.63. The molecule has 3 heterocycles. The molecular formula is C24H24ClNO7S2. The molecule has 0 aliphatic carbocycles. The fourth-order valence-electron chi connectivity index (χ4n) is 3.68. The number of aliphatic hydroxyl groups is 3. The van der Waals surface area contributed by atoms with Crippen molar-refractivity contribution in [1.29, 1.82) is 0 Å². The van der Waals surface area contributed by atoms with E-state index >= 15 is 0 Å². The number of aromatic nitrogens is 1. The molecule has 3 aromatic rings. The summed E-state index contributed by atoms with van der Waals surface area (Å²) in [6.07, 6.45) is -3.74. The van der Waals surface area contributed by atoms with Crippen molar-refractivity contribution in [2.75, 3.05) is 13.2 Å². The highest BCUT2D eigenvalue weighted by Crippen LogP contribution is 2.35. The number of benzene rings is 1. The number of halogens is 1. The third-order valence-corrected chi connectivity index (χ3v) is 7.59. The normalized spacial score (nSPS) is 24.2. The molecule has 1 fully saturated rings. The Bertz CT molecular complexity index is 1150. The van der Waals surface area contributed by atoms with Crippen LogP contribution in [0.25, 0.3) is 10.4 Å². The number of rotatable bonds is 8. The number of thiazole rings is 1. The maximum absolute atomic E-state index is 11.6. The first kappa shape index (κ1) is 25.8. The second-order valence-electron chi connectivity index (χ2n) is 7.89. The van der Waals surface area contributed by atoms with E-state index in [1.807, 2.05) is 17.6 Å². The van der Waals surface area contributed by atoms with Crippen molar-refractivity contribution in [3.63, 3.8) is 0 Å². The molecule has 186 valence electrons. The average molecular weight is 538 g/mol. The molecule has 1 aliphatic rings. The lowest BCUT2D eigenvalue weighted by Gasteiger charge is -2.40. The van der Waals surface area contributed by atoms with Crippen LogP contribution in [0.5, 0.6) is 0 Å². The third kappa shape index (κ3) is 6.10. The van der Waals surface area contributed by atoms with E-state index in [-0.39, 0.29) is 13.2 Å². The first-order valence-corrected chi connectivity index (χ1v) is 12.9. The van der Waals surface area contributed by atoms with E-state index in [0.29, 0.717) is 17.0 Å². The predicted molar refractivity (Wildman–Crippen MR) is 133 cm³/mol. The number of nitrogens with zero attached hydrogens (tertiary/aromatic N) is 1. The molecule has 0 spiro atoms. The van der Waals surface area contributed by atoms with Crippen LogP contribution in [0.1, 0.15) is 22.2 Å². The summed E-state index contributed by atoms with van der Waals surface area (Å²) in [5.74, 6) is 0. The average Bonchev–Trinajstić information content (AvgIpc) is 3.54. The molecule has 5 atom stereocenters. The van der Waals surface area contributed by atoms with Crippen LogP contribution in [0.3, 0.4) is 0 Å². The molecule has 0 bridgehead atoms. The molecule has 1 aromatic carbocycles. The van der Waals surface area contributed by atoms with Gasteiger partial charge in [0.15, 0.2) is 0 Å². The number of thiophene rings is 1. The fraction of sp³-hybridized carbons (Fsp3) is 0.333. The Morgan fingerprint density at radius 2 is 2.03 bits per heavy atom. The van der Waals surface area contributed by atoms with Crippen LogP contribution in [0, 0.1) is 0 Å². The SMILES string of the molecule is C=CCOC(=O)OC[C@H]1O[C@@H](c2ccc(Cl)c(Cc3ncc(-c4ccsc4)s3)c2)[C@H](O)[C@@H](O)[C@@H]1O. The quantitative estimate of drug-likeness (QED) is 0.292. The highest BCUT2D eigenvalue weighted by Gasteiger charge is 2.44. The molecule has 0 unspecified atom stereocenters. The third-order valence-electron chi connectivity index (χ3n) is 5.50. The minimum Gasteiger partial charge on any atom is -0.431 e. The number of hydrogen-bond acceptors (Lipinski definition) is 10. The van der Waals surface area contributed by atoms with Gasteiger partial charge in [0.2, 0.25) is 0 Å². The maximum Gasteiger partial charge on any atom is 0.508 e. The topological polar surface area (TPSA) is 118 Å². The molecule has 8 nitrogen and oxygen atoms in total. The minimum absolute atomic E-state index is 0.0295. The predicted octanol–water partition coefficient (Wildman–Crippen LogP) is 3.98. The van der Waals surface area contributed by atoms with Gasteiger partial charge in [0.25, 0.3) is 0 Å². The number of hydrogen-bond donors (Lipinski definition) is 3. The van der Waals surface area contributed by atoms with Crippen molar-refractivity contribution in [1.82, 2.24) is 4.98 Å². The number of carbonyl (C=O) groups is 1. The summed E-state index contributed by atoms with van der Waals surface area (Å²) in [5, 5.41) is 36.8. The van der Waals surface area contributed by atoms with Crippen LogP contribution in [0.2, 0.25) is 5.02 Å². The zero-order valence-electron chi connectivity index (χ0n) is 18.5. The molecule has 0 amide bonds. The van der Waals surface area contributed by atoms with E-state index < -0.39 is 36.7 Å². The lowest BCUT2D eigenvalue weighted by atomic mass is 9.90. The Morgan fingerprint density at radius 1 is 1.20 bits per heavy atom. The summed E-state index contributed by atoms with van der Waals surface area (Å²) in [6, 6.07) is 7.18. The van der Waals surface area contributed by atoms with Crippen molar-refractivity contribution in [3.05, 3.63) is 75.0 Å². The summed E-state index contributed by atoms with van der Waals surface area (Å²) in [5.41, 5.74) is 2.44. The Labute approximate surface area is 215 Å². The van der Waals surface area contributed by atoms with E-state index in [4.69, 9.17) is 25.8 Å². The smallest absolute Gasteiger partial charge is 0.431 e. The summed E-state index contributed by atoms with van der Waals surface area (Å²) in [6.45, 7) is 3.04. The van der Waals surface area contributed by atoms with Crippen LogP contribution < -0.4 is 0 Å². The number of aliphatic hydroxyl groups excluding tert-OH is 3. The van der Waals surface area contributed by atoms with Gasteiger partial charge < -0.3 is 29.5 Å². The monoisotopic (exact) mass is 537 g/mol. The largest absolute Gasteiger partial charge is 0.508 e. The zero-order valence-corrected chi connectivity index (χ0v) is 20.8. The molecule has 35 heavy (non-hydrogen) atoms. The van der Waals surface area contributed by atoms with Crippen LogP contribution in [0.4, 0.5) is 4.79 Å². The van der Waals surface area contributed by atoms with Crippen molar-refractivity contribution in [3.8, 4) is 10.4 Å². The van der Waals surface area contributed by atoms with Gasteiger partial charge in [-0.15, -0.1) is 11.3 Å². The zero-order chi connectivity index (χ0) is 24.9. The Balaban J connectivity index is 1.49. The lowest BCUT2D eigenvalue weighted by Crippen LogP contribution is -2.55. The molecule has 3 N–H and O–H groups in total. The summed E-state index contributed by atoms with van der Waals surface area (Å²) in [7, 11) is 0. The van der Waals surface area contributed by atoms with Gasteiger partial charge in [-0.05, 0) is 34.0 Å². The molecule has 0 saturated carbocycles. The second kappa shape index (κ2) is 11.6. The van der Waals surface area contributed by atoms with Crippen LogP contribution in [-0.4, -0.2) is 64.1 Å².